The number of hydrogen-bond donors (Lipinski definition) is 0. The van der Waals surface area contributed by atoms with Gasteiger partial charge in [-0.2, -0.15) is 5.10 Å². The molecule has 0 amide bonds. The molecule has 3 rings (SSSR count). The van der Waals surface area contributed by atoms with Crippen LogP contribution in [0, 0.1) is 5.92 Å². The topological polar surface area (TPSA) is 39.5 Å². The summed E-state index contributed by atoms with van der Waals surface area (Å²) in [4.78, 5) is 2.47. The Labute approximate surface area is 160 Å². The van der Waals surface area contributed by atoms with Gasteiger partial charge in [0.05, 0.1) is 18.9 Å². The second kappa shape index (κ2) is 8.89. The first-order valence-electron chi connectivity index (χ1n) is 9.26. The predicted octanol–water partition coefficient (Wildman–Crippen LogP) is 3.72. The molecule has 1 aromatic heterocycles. The van der Waals surface area contributed by atoms with E-state index in [1.54, 1.807) is 0 Å². The minimum Gasteiger partial charge on any atom is -0.493 e. The van der Waals surface area contributed by atoms with E-state index in [4.69, 9.17) is 21.1 Å². The summed E-state index contributed by atoms with van der Waals surface area (Å²) in [7, 11) is 1.98. The lowest BCUT2D eigenvalue weighted by molar-refractivity contribution is -0.0354. The second-order valence-corrected chi connectivity index (χ2v) is 7.69. The van der Waals surface area contributed by atoms with Crippen LogP contribution in [0.2, 0.25) is 5.02 Å². The van der Waals surface area contributed by atoms with Gasteiger partial charge < -0.3 is 9.47 Å². The van der Waals surface area contributed by atoms with E-state index in [2.05, 4.69) is 29.9 Å². The van der Waals surface area contributed by atoms with Crippen LogP contribution in [0.1, 0.15) is 31.3 Å². The van der Waals surface area contributed by atoms with E-state index in [1.807, 2.05) is 36.0 Å². The summed E-state index contributed by atoms with van der Waals surface area (Å²) in [6.45, 7) is 8.90. The normalized spacial score (nSPS) is 18.4. The minimum absolute atomic E-state index is 0.0552. The molecule has 0 unspecified atom stereocenters. The summed E-state index contributed by atoms with van der Waals surface area (Å²) < 4.78 is 13.7. The zero-order valence-corrected chi connectivity index (χ0v) is 16.6. The molecule has 1 aliphatic heterocycles. The highest BCUT2D eigenvalue weighted by Gasteiger charge is 2.25. The van der Waals surface area contributed by atoms with Gasteiger partial charge in [-0.15, -0.1) is 0 Å². The van der Waals surface area contributed by atoms with Crippen molar-refractivity contribution in [2.45, 2.75) is 26.4 Å². The third-order valence-electron chi connectivity index (χ3n) is 4.54. The molecule has 2 heterocycles. The molecule has 1 aromatic carbocycles. The van der Waals surface area contributed by atoms with E-state index in [-0.39, 0.29) is 6.10 Å². The lowest BCUT2D eigenvalue weighted by Gasteiger charge is -2.33. The number of aromatic nitrogens is 2. The number of benzene rings is 1. The van der Waals surface area contributed by atoms with E-state index in [0.717, 1.165) is 49.8 Å². The molecule has 1 fully saturated rings. The zero-order chi connectivity index (χ0) is 18.5. The van der Waals surface area contributed by atoms with Crippen LogP contribution in [-0.2, 0) is 18.2 Å². The fourth-order valence-corrected chi connectivity index (χ4v) is 3.42. The Kier molecular flexibility index (Phi) is 6.57. The van der Waals surface area contributed by atoms with Gasteiger partial charge >= 0.3 is 0 Å². The van der Waals surface area contributed by atoms with E-state index in [0.29, 0.717) is 17.5 Å². The van der Waals surface area contributed by atoms with E-state index >= 15 is 0 Å². The molecule has 1 saturated heterocycles. The van der Waals surface area contributed by atoms with Gasteiger partial charge in [-0.3, -0.25) is 9.58 Å². The number of rotatable bonds is 7. The maximum absolute atomic E-state index is 5.97. The number of nitrogens with zero attached hydrogens (tertiary/aromatic N) is 3. The second-order valence-electron chi connectivity index (χ2n) is 7.25. The molecule has 0 N–H and O–H groups in total. The molecule has 1 aliphatic rings. The van der Waals surface area contributed by atoms with Crippen molar-refractivity contribution in [1.82, 2.24) is 14.7 Å². The third kappa shape index (κ3) is 5.22. The van der Waals surface area contributed by atoms with Crippen LogP contribution in [-0.4, -0.2) is 47.5 Å². The Bertz CT molecular complexity index is 700. The Hall–Kier alpha value is -1.56. The average Bonchev–Trinajstić information content (AvgIpc) is 2.97. The molecular weight excluding hydrogens is 350 g/mol. The Morgan fingerprint density at radius 1 is 1.31 bits per heavy atom. The van der Waals surface area contributed by atoms with E-state index in [1.165, 1.54) is 0 Å². The van der Waals surface area contributed by atoms with Gasteiger partial charge in [0.25, 0.3) is 0 Å². The molecule has 0 aliphatic carbocycles. The fourth-order valence-electron chi connectivity index (χ4n) is 3.29. The monoisotopic (exact) mass is 377 g/mol. The number of halogens is 1. The molecule has 5 nitrogen and oxygen atoms in total. The van der Waals surface area contributed by atoms with E-state index in [9.17, 15) is 0 Å². The van der Waals surface area contributed by atoms with Gasteiger partial charge in [0.15, 0.2) is 0 Å². The summed E-state index contributed by atoms with van der Waals surface area (Å²) in [5, 5.41) is 5.39. The SMILES string of the molecule is CC(C)CN1CCO[C@@H](c2cc(CCOc3ccc(Cl)cc3)n(C)n2)C1. The number of morpholine rings is 1. The highest BCUT2D eigenvalue weighted by molar-refractivity contribution is 6.30. The third-order valence-corrected chi connectivity index (χ3v) is 4.79. The first kappa shape index (κ1) is 19.2. The molecule has 6 heteroatoms. The lowest BCUT2D eigenvalue weighted by atomic mass is 10.1. The van der Waals surface area contributed by atoms with Gasteiger partial charge in [-0.05, 0) is 36.2 Å². The summed E-state index contributed by atoms with van der Waals surface area (Å²) in [5.41, 5.74) is 2.17. The molecule has 0 spiro atoms. The number of ether oxygens (including phenoxy) is 2. The lowest BCUT2D eigenvalue weighted by Crippen LogP contribution is -2.40. The van der Waals surface area contributed by atoms with Crippen LogP contribution in [0.3, 0.4) is 0 Å². The predicted molar refractivity (Wildman–Crippen MR) is 104 cm³/mol. The van der Waals surface area contributed by atoms with Crippen molar-refractivity contribution in [1.29, 1.82) is 0 Å². The molecule has 142 valence electrons. The van der Waals surface area contributed by atoms with Crippen molar-refractivity contribution in [2.24, 2.45) is 13.0 Å². The highest BCUT2D eigenvalue weighted by Crippen LogP contribution is 2.23. The van der Waals surface area contributed by atoms with Crippen LogP contribution < -0.4 is 4.74 Å². The van der Waals surface area contributed by atoms with Crippen LogP contribution in [0.15, 0.2) is 30.3 Å². The number of hydrogen-bond acceptors (Lipinski definition) is 4. The molecule has 0 radical (unpaired) electrons. The first-order chi connectivity index (χ1) is 12.5. The summed E-state index contributed by atoms with van der Waals surface area (Å²) in [6.07, 6.45) is 0.855. The van der Waals surface area contributed by atoms with Crippen LogP contribution in [0.25, 0.3) is 0 Å². The van der Waals surface area contributed by atoms with Crippen molar-refractivity contribution >= 4 is 11.6 Å². The standard InChI is InChI=1S/C20H28ClN3O2/c1-15(2)13-24-9-11-26-20(14-24)19-12-17(23(3)22-19)8-10-25-18-6-4-16(21)5-7-18/h4-7,12,15,20H,8-11,13-14H2,1-3H3/t20-/m1/s1. The van der Waals surface area contributed by atoms with Gasteiger partial charge in [0.2, 0.25) is 0 Å². The Balaban J connectivity index is 1.55. The zero-order valence-electron chi connectivity index (χ0n) is 15.8. The molecular formula is C20H28ClN3O2. The summed E-state index contributed by atoms with van der Waals surface area (Å²) in [6, 6.07) is 9.59. The largest absolute Gasteiger partial charge is 0.493 e. The maximum atomic E-state index is 5.97. The molecule has 1 atom stereocenters. The van der Waals surface area contributed by atoms with Crippen LogP contribution in [0.5, 0.6) is 5.75 Å². The van der Waals surface area contributed by atoms with Gasteiger partial charge in [-0.1, -0.05) is 25.4 Å². The summed E-state index contributed by atoms with van der Waals surface area (Å²) in [5.74, 6) is 1.50. The summed E-state index contributed by atoms with van der Waals surface area (Å²) >= 11 is 5.89. The highest BCUT2D eigenvalue weighted by atomic mass is 35.5. The van der Waals surface area contributed by atoms with Crippen LogP contribution >= 0.6 is 11.6 Å². The fraction of sp³-hybridized carbons (Fsp3) is 0.550. The van der Waals surface area contributed by atoms with Crippen molar-refractivity contribution in [3.05, 3.63) is 46.7 Å². The molecule has 0 saturated carbocycles. The molecule has 26 heavy (non-hydrogen) atoms. The first-order valence-corrected chi connectivity index (χ1v) is 9.64. The quantitative estimate of drug-likeness (QED) is 0.737. The smallest absolute Gasteiger partial charge is 0.119 e. The Morgan fingerprint density at radius 3 is 2.81 bits per heavy atom. The van der Waals surface area contributed by atoms with Crippen LogP contribution in [0.4, 0.5) is 0 Å². The molecule has 2 aromatic rings. The maximum Gasteiger partial charge on any atom is 0.119 e. The Morgan fingerprint density at radius 2 is 2.08 bits per heavy atom. The van der Waals surface area contributed by atoms with Gasteiger partial charge in [-0.25, -0.2) is 0 Å². The van der Waals surface area contributed by atoms with Crippen molar-refractivity contribution in [3.8, 4) is 5.75 Å². The molecule has 0 bridgehead atoms. The van der Waals surface area contributed by atoms with Crippen molar-refractivity contribution < 1.29 is 9.47 Å². The van der Waals surface area contributed by atoms with Gasteiger partial charge in [0.1, 0.15) is 11.9 Å². The van der Waals surface area contributed by atoms with Crippen molar-refractivity contribution in [3.63, 3.8) is 0 Å². The van der Waals surface area contributed by atoms with Crippen molar-refractivity contribution in [2.75, 3.05) is 32.8 Å². The minimum atomic E-state index is 0.0552. The van der Waals surface area contributed by atoms with E-state index < -0.39 is 0 Å². The van der Waals surface area contributed by atoms with Gasteiger partial charge in [0, 0.05) is 43.8 Å². The number of aryl methyl sites for hydroxylation is 1. The average molecular weight is 378 g/mol.